The summed E-state index contributed by atoms with van der Waals surface area (Å²) in [6, 6.07) is 5.65. The average molecular weight is 321 g/mol. The summed E-state index contributed by atoms with van der Waals surface area (Å²) in [7, 11) is 0. The topological polar surface area (TPSA) is 12.0 Å². The lowest BCUT2D eigenvalue weighted by Gasteiger charge is -2.35. The van der Waals surface area contributed by atoms with Gasteiger partial charge in [0.05, 0.1) is 0 Å². The van der Waals surface area contributed by atoms with Crippen molar-refractivity contribution < 1.29 is 0 Å². The van der Waals surface area contributed by atoms with E-state index in [-0.39, 0.29) is 5.41 Å². The number of hydrogen-bond donors (Lipinski definition) is 1. The second-order valence-corrected chi connectivity index (χ2v) is 6.64. The Morgan fingerprint density at radius 2 is 1.84 bits per heavy atom. The maximum atomic E-state index is 6.19. The van der Waals surface area contributed by atoms with Gasteiger partial charge < -0.3 is 5.32 Å². The zero-order valence-electron chi connectivity index (χ0n) is 11.0. The Morgan fingerprint density at radius 3 is 2.47 bits per heavy atom. The van der Waals surface area contributed by atoms with Crippen LogP contribution in [0.4, 0.5) is 0 Å². The van der Waals surface area contributed by atoms with Crippen LogP contribution in [0.5, 0.6) is 0 Å². The standard InChI is InChI=1S/C15H20Cl3N/c16-10-15(6-2-1-3-7-15)11-19-9-12-4-5-13(17)8-14(12)18/h4-5,8,19H,1-3,6-7,9-11H2. The Balaban J connectivity index is 1.88. The van der Waals surface area contributed by atoms with Gasteiger partial charge in [0.15, 0.2) is 0 Å². The van der Waals surface area contributed by atoms with Crippen molar-refractivity contribution in [3.63, 3.8) is 0 Å². The average Bonchev–Trinajstić information content (AvgIpc) is 2.42. The minimum atomic E-state index is 0.276. The molecular weight excluding hydrogens is 301 g/mol. The fourth-order valence-electron chi connectivity index (χ4n) is 2.79. The molecule has 0 amide bonds. The van der Waals surface area contributed by atoms with E-state index < -0.39 is 0 Å². The lowest BCUT2D eigenvalue weighted by atomic mass is 9.75. The second kappa shape index (κ2) is 7.17. The van der Waals surface area contributed by atoms with Gasteiger partial charge in [0.25, 0.3) is 0 Å². The van der Waals surface area contributed by atoms with E-state index >= 15 is 0 Å². The van der Waals surface area contributed by atoms with Crippen molar-refractivity contribution in [2.24, 2.45) is 5.41 Å². The van der Waals surface area contributed by atoms with Crippen LogP contribution in [-0.4, -0.2) is 12.4 Å². The van der Waals surface area contributed by atoms with E-state index in [2.05, 4.69) is 5.32 Å². The van der Waals surface area contributed by atoms with Crippen molar-refractivity contribution in [3.05, 3.63) is 33.8 Å². The molecule has 2 rings (SSSR count). The summed E-state index contributed by atoms with van der Waals surface area (Å²) in [6.07, 6.45) is 6.42. The van der Waals surface area contributed by atoms with Gasteiger partial charge >= 0.3 is 0 Å². The first-order valence-electron chi connectivity index (χ1n) is 6.86. The quantitative estimate of drug-likeness (QED) is 0.728. The molecular formula is C15H20Cl3N. The molecule has 1 aromatic carbocycles. The fourth-order valence-corrected chi connectivity index (χ4v) is 3.62. The minimum absolute atomic E-state index is 0.276. The van der Waals surface area contributed by atoms with Crippen LogP contribution in [0, 0.1) is 5.41 Å². The number of alkyl halides is 1. The van der Waals surface area contributed by atoms with E-state index in [1.807, 2.05) is 12.1 Å². The summed E-state index contributed by atoms with van der Waals surface area (Å²) in [5.74, 6) is 0.744. The monoisotopic (exact) mass is 319 g/mol. The minimum Gasteiger partial charge on any atom is -0.312 e. The van der Waals surface area contributed by atoms with Crippen LogP contribution in [-0.2, 0) is 6.54 Å². The normalized spacial score (nSPS) is 18.5. The van der Waals surface area contributed by atoms with Crippen molar-refractivity contribution in [1.29, 1.82) is 0 Å². The second-order valence-electron chi connectivity index (χ2n) is 5.53. The Labute approximate surface area is 130 Å². The third-order valence-corrected chi connectivity index (χ3v) is 5.18. The molecule has 0 saturated heterocycles. The van der Waals surface area contributed by atoms with Gasteiger partial charge in [-0.1, -0.05) is 48.5 Å². The van der Waals surface area contributed by atoms with Crippen molar-refractivity contribution >= 4 is 34.8 Å². The molecule has 1 aromatic rings. The Morgan fingerprint density at radius 1 is 1.11 bits per heavy atom. The maximum absolute atomic E-state index is 6.19. The summed E-state index contributed by atoms with van der Waals surface area (Å²) in [5.41, 5.74) is 1.37. The molecule has 1 aliphatic carbocycles. The van der Waals surface area contributed by atoms with E-state index in [1.54, 1.807) is 6.07 Å². The molecule has 0 bridgehead atoms. The van der Waals surface area contributed by atoms with Crippen molar-refractivity contribution in [2.45, 2.75) is 38.6 Å². The van der Waals surface area contributed by atoms with Gasteiger partial charge in [-0.3, -0.25) is 0 Å². The van der Waals surface area contributed by atoms with E-state index in [1.165, 1.54) is 32.1 Å². The van der Waals surface area contributed by atoms with Gasteiger partial charge in [-0.2, -0.15) is 0 Å². The molecule has 0 aliphatic heterocycles. The molecule has 0 radical (unpaired) electrons. The molecule has 0 atom stereocenters. The Kier molecular flexibility index (Phi) is 5.83. The Hall–Kier alpha value is 0.0500. The van der Waals surface area contributed by atoms with Gasteiger partial charge in [0.1, 0.15) is 0 Å². The van der Waals surface area contributed by atoms with Crippen LogP contribution < -0.4 is 5.32 Å². The van der Waals surface area contributed by atoms with Crippen LogP contribution >= 0.6 is 34.8 Å². The SMILES string of the molecule is ClCC1(CNCc2ccc(Cl)cc2Cl)CCCCC1. The molecule has 0 spiro atoms. The van der Waals surface area contributed by atoms with Gasteiger partial charge in [-0.05, 0) is 36.0 Å². The van der Waals surface area contributed by atoms with Crippen molar-refractivity contribution in [1.82, 2.24) is 5.32 Å². The lowest BCUT2D eigenvalue weighted by Crippen LogP contribution is -2.37. The molecule has 4 heteroatoms. The number of nitrogens with one attached hydrogen (secondary N) is 1. The summed E-state index contributed by atoms with van der Waals surface area (Å²) >= 11 is 18.3. The number of halogens is 3. The zero-order chi connectivity index (χ0) is 13.7. The van der Waals surface area contributed by atoms with Gasteiger partial charge in [0.2, 0.25) is 0 Å². The van der Waals surface area contributed by atoms with Crippen LogP contribution in [0.15, 0.2) is 18.2 Å². The van der Waals surface area contributed by atoms with E-state index in [0.29, 0.717) is 5.02 Å². The van der Waals surface area contributed by atoms with Crippen molar-refractivity contribution in [3.8, 4) is 0 Å². The van der Waals surface area contributed by atoms with Crippen LogP contribution in [0.3, 0.4) is 0 Å². The summed E-state index contributed by atoms with van der Waals surface area (Å²) in [6.45, 7) is 1.74. The molecule has 106 valence electrons. The third-order valence-electron chi connectivity index (χ3n) is 4.03. The summed E-state index contributed by atoms with van der Waals surface area (Å²) in [4.78, 5) is 0. The maximum Gasteiger partial charge on any atom is 0.0465 e. The third kappa shape index (κ3) is 4.26. The highest BCUT2D eigenvalue weighted by molar-refractivity contribution is 6.35. The molecule has 1 fully saturated rings. The molecule has 0 aromatic heterocycles. The molecule has 0 heterocycles. The highest BCUT2D eigenvalue weighted by Crippen LogP contribution is 2.36. The van der Waals surface area contributed by atoms with Crippen LogP contribution in [0.2, 0.25) is 10.0 Å². The van der Waals surface area contributed by atoms with Crippen LogP contribution in [0.1, 0.15) is 37.7 Å². The van der Waals surface area contributed by atoms with E-state index in [9.17, 15) is 0 Å². The largest absolute Gasteiger partial charge is 0.312 e. The molecule has 19 heavy (non-hydrogen) atoms. The van der Waals surface area contributed by atoms with E-state index in [0.717, 1.165) is 29.6 Å². The van der Waals surface area contributed by atoms with Gasteiger partial charge in [-0.15, -0.1) is 11.6 Å². The highest BCUT2D eigenvalue weighted by Gasteiger charge is 2.30. The van der Waals surface area contributed by atoms with Gasteiger partial charge in [-0.25, -0.2) is 0 Å². The predicted octanol–water partition coefficient (Wildman–Crippen LogP) is 5.27. The first kappa shape index (κ1) is 15.4. The summed E-state index contributed by atoms with van der Waals surface area (Å²) < 4.78 is 0. The lowest BCUT2D eigenvalue weighted by molar-refractivity contribution is 0.212. The van der Waals surface area contributed by atoms with Crippen LogP contribution in [0.25, 0.3) is 0 Å². The first-order chi connectivity index (χ1) is 9.15. The number of hydrogen-bond acceptors (Lipinski definition) is 1. The number of benzene rings is 1. The molecule has 1 nitrogen and oxygen atoms in total. The van der Waals surface area contributed by atoms with E-state index in [4.69, 9.17) is 34.8 Å². The molecule has 1 N–H and O–H groups in total. The summed E-state index contributed by atoms with van der Waals surface area (Å²) in [5, 5.41) is 4.92. The zero-order valence-corrected chi connectivity index (χ0v) is 13.3. The number of rotatable bonds is 5. The smallest absolute Gasteiger partial charge is 0.0465 e. The molecule has 0 unspecified atom stereocenters. The predicted molar refractivity (Wildman–Crippen MR) is 84.4 cm³/mol. The Bertz CT molecular complexity index is 414. The molecule has 1 saturated carbocycles. The first-order valence-corrected chi connectivity index (χ1v) is 8.15. The highest BCUT2D eigenvalue weighted by atomic mass is 35.5. The molecule has 1 aliphatic rings. The fraction of sp³-hybridized carbons (Fsp3) is 0.600. The van der Waals surface area contributed by atoms with Gasteiger partial charge in [0, 0.05) is 29.0 Å². The van der Waals surface area contributed by atoms with Crippen molar-refractivity contribution in [2.75, 3.05) is 12.4 Å².